The predicted molar refractivity (Wildman–Crippen MR) is 119 cm³/mol. The van der Waals surface area contributed by atoms with Crippen molar-refractivity contribution >= 4 is 41.3 Å². The second-order valence-electron chi connectivity index (χ2n) is 6.21. The molecule has 0 fully saturated rings. The van der Waals surface area contributed by atoms with E-state index in [4.69, 9.17) is 0 Å². The second kappa shape index (κ2) is 15.0. The van der Waals surface area contributed by atoms with Crippen LogP contribution >= 0.6 is 35.3 Å². The van der Waals surface area contributed by atoms with Crippen LogP contribution in [0.25, 0.3) is 0 Å². The van der Waals surface area contributed by atoms with E-state index in [1.807, 2.05) is 11.3 Å². The van der Waals surface area contributed by atoms with Crippen LogP contribution in [0.15, 0.2) is 17.1 Å². The van der Waals surface area contributed by atoms with Crippen LogP contribution in [-0.4, -0.2) is 44.6 Å². The largest absolute Gasteiger partial charge is 0.357 e. The minimum atomic E-state index is 0. The molecule has 2 N–H and O–H groups in total. The van der Waals surface area contributed by atoms with Crippen molar-refractivity contribution < 1.29 is 0 Å². The smallest absolute Gasteiger partial charge is 0.191 e. The first-order chi connectivity index (χ1) is 11.1. The molecule has 0 aliphatic carbocycles. The predicted octanol–water partition coefficient (Wildman–Crippen LogP) is 4.24. The van der Waals surface area contributed by atoms with Crippen molar-refractivity contribution in [3.8, 4) is 0 Å². The highest BCUT2D eigenvalue weighted by Gasteiger charge is 1.99. The van der Waals surface area contributed by atoms with Crippen LogP contribution in [0.1, 0.15) is 48.8 Å². The highest BCUT2D eigenvalue weighted by Crippen LogP contribution is 2.15. The summed E-state index contributed by atoms with van der Waals surface area (Å²) < 4.78 is 0. The molecule has 0 spiro atoms. The summed E-state index contributed by atoms with van der Waals surface area (Å²) in [6, 6.07) is 4.33. The molecule has 0 saturated carbocycles. The number of rotatable bonds is 11. The maximum absolute atomic E-state index is 4.66. The maximum Gasteiger partial charge on any atom is 0.191 e. The van der Waals surface area contributed by atoms with Gasteiger partial charge in [-0.2, -0.15) is 0 Å². The van der Waals surface area contributed by atoms with Crippen LogP contribution in [0.2, 0.25) is 0 Å². The maximum atomic E-state index is 4.66. The van der Waals surface area contributed by atoms with Gasteiger partial charge in [-0.25, -0.2) is 4.99 Å². The lowest BCUT2D eigenvalue weighted by Crippen LogP contribution is -2.37. The minimum absolute atomic E-state index is 0. The fourth-order valence-electron chi connectivity index (χ4n) is 2.36. The number of hydrogen-bond donors (Lipinski definition) is 2. The number of nitrogens with one attached hydrogen (secondary N) is 2. The molecule has 1 aromatic rings. The van der Waals surface area contributed by atoms with Crippen LogP contribution in [-0.2, 0) is 6.54 Å². The summed E-state index contributed by atoms with van der Waals surface area (Å²) in [6.07, 6.45) is 6.49. The van der Waals surface area contributed by atoms with E-state index < -0.39 is 0 Å². The lowest BCUT2D eigenvalue weighted by Gasteiger charge is -2.11. The summed E-state index contributed by atoms with van der Waals surface area (Å²) in [7, 11) is 4.28. The molecule has 1 aromatic heterocycles. The van der Waals surface area contributed by atoms with Crippen molar-refractivity contribution in [2.75, 3.05) is 33.7 Å². The van der Waals surface area contributed by atoms with E-state index in [0.29, 0.717) is 0 Å². The Morgan fingerprint density at radius 3 is 2.42 bits per heavy atom. The molecule has 0 aliphatic rings. The van der Waals surface area contributed by atoms with Crippen molar-refractivity contribution in [1.29, 1.82) is 0 Å². The molecule has 0 atom stereocenters. The quantitative estimate of drug-likeness (QED) is 0.222. The normalized spacial score (nSPS) is 11.5. The molecule has 6 heteroatoms. The zero-order valence-corrected chi connectivity index (χ0v) is 18.9. The standard InChI is InChI=1S/C18H34N4S.HI/c1-5-19-18(21-15-17-12-11-16(2)23-17)20-13-9-7-6-8-10-14-22(3)4;/h11-12H,5-10,13-15H2,1-4H3,(H2,19,20,21);1H. The fraction of sp³-hybridized carbons (Fsp3) is 0.722. The summed E-state index contributed by atoms with van der Waals surface area (Å²) in [5.74, 6) is 0.936. The van der Waals surface area contributed by atoms with E-state index >= 15 is 0 Å². The van der Waals surface area contributed by atoms with Crippen molar-refractivity contribution in [3.63, 3.8) is 0 Å². The molecular formula is C18H35IN4S. The molecule has 4 nitrogen and oxygen atoms in total. The van der Waals surface area contributed by atoms with Gasteiger partial charge in [0.1, 0.15) is 0 Å². The van der Waals surface area contributed by atoms with Gasteiger partial charge < -0.3 is 15.5 Å². The van der Waals surface area contributed by atoms with Gasteiger partial charge in [-0.1, -0.05) is 19.3 Å². The van der Waals surface area contributed by atoms with E-state index in [9.17, 15) is 0 Å². The van der Waals surface area contributed by atoms with E-state index in [-0.39, 0.29) is 24.0 Å². The summed E-state index contributed by atoms with van der Waals surface area (Å²) >= 11 is 1.82. The lowest BCUT2D eigenvalue weighted by atomic mass is 10.1. The van der Waals surface area contributed by atoms with Crippen molar-refractivity contribution in [1.82, 2.24) is 15.5 Å². The van der Waals surface area contributed by atoms with Crippen molar-refractivity contribution in [3.05, 3.63) is 21.9 Å². The molecule has 1 rings (SSSR count). The Balaban J connectivity index is 0.00000529. The molecule has 0 unspecified atom stereocenters. The number of unbranched alkanes of at least 4 members (excludes halogenated alkanes) is 4. The molecule has 0 saturated heterocycles. The van der Waals surface area contributed by atoms with Gasteiger partial charge in [0.25, 0.3) is 0 Å². The van der Waals surface area contributed by atoms with E-state index in [1.165, 1.54) is 48.4 Å². The number of nitrogens with zero attached hydrogens (tertiary/aromatic N) is 2. The average Bonchev–Trinajstić information content (AvgIpc) is 2.92. The molecule has 0 aromatic carbocycles. The number of aliphatic imine (C=N–C) groups is 1. The Labute approximate surface area is 169 Å². The van der Waals surface area contributed by atoms with Crippen LogP contribution in [0.5, 0.6) is 0 Å². The van der Waals surface area contributed by atoms with Gasteiger partial charge in [0.05, 0.1) is 6.54 Å². The van der Waals surface area contributed by atoms with Gasteiger partial charge in [-0.05, 0) is 59.5 Å². The Morgan fingerprint density at radius 1 is 1.08 bits per heavy atom. The van der Waals surface area contributed by atoms with Gasteiger partial charge in [-0.15, -0.1) is 35.3 Å². The van der Waals surface area contributed by atoms with Crippen LogP contribution in [0, 0.1) is 6.92 Å². The van der Waals surface area contributed by atoms with Gasteiger partial charge in [0.2, 0.25) is 0 Å². The molecule has 0 radical (unpaired) electrons. The second-order valence-corrected chi connectivity index (χ2v) is 7.58. The molecule has 0 amide bonds. The topological polar surface area (TPSA) is 39.7 Å². The Morgan fingerprint density at radius 2 is 1.79 bits per heavy atom. The number of thiophene rings is 1. The summed E-state index contributed by atoms with van der Waals surface area (Å²) in [5.41, 5.74) is 0. The zero-order chi connectivity index (χ0) is 16.9. The molecule has 0 aliphatic heterocycles. The number of halogens is 1. The van der Waals surface area contributed by atoms with E-state index in [0.717, 1.165) is 25.6 Å². The lowest BCUT2D eigenvalue weighted by molar-refractivity contribution is 0.389. The van der Waals surface area contributed by atoms with Crippen LogP contribution in [0.4, 0.5) is 0 Å². The zero-order valence-electron chi connectivity index (χ0n) is 15.7. The molecule has 1 heterocycles. The Hall–Kier alpha value is -0.340. The summed E-state index contributed by atoms with van der Waals surface area (Å²) in [4.78, 5) is 9.59. The average molecular weight is 466 g/mol. The molecule has 0 bridgehead atoms. The summed E-state index contributed by atoms with van der Waals surface area (Å²) in [6.45, 7) is 8.12. The van der Waals surface area contributed by atoms with E-state index in [2.05, 4.69) is 60.6 Å². The molecular weight excluding hydrogens is 431 g/mol. The molecule has 24 heavy (non-hydrogen) atoms. The monoisotopic (exact) mass is 466 g/mol. The number of aryl methyl sites for hydroxylation is 1. The van der Waals surface area contributed by atoms with Crippen molar-refractivity contribution in [2.45, 2.75) is 52.5 Å². The molecule has 140 valence electrons. The third-order valence-electron chi connectivity index (χ3n) is 3.61. The van der Waals surface area contributed by atoms with Gasteiger partial charge in [0.15, 0.2) is 5.96 Å². The van der Waals surface area contributed by atoms with E-state index in [1.54, 1.807) is 0 Å². The summed E-state index contributed by atoms with van der Waals surface area (Å²) in [5, 5.41) is 6.76. The first-order valence-electron chi connectivity index (χ1n) is 8.84. The third-order valence-corrected chi connectivity index (χ3v) is 4.59. The van der Waals surface area contributed by atoms with Crippen LogP contribution < -0.4 is 10.6 Å². The highest BCUT2D eigenvalue weighted by molar-refractivity contribution is 14.0. The first kappa shape index (κ1) is 23.7. The van der Waals surface area contributed by atoms with Gasteiger partial charge in [0, 0.05) is 22.8 Å². The number of guanidine groups is 1. The Bertz CT molecular complexity index is 446. The van der Waals surface area contributed by atoms with Gasteiger partial charge in [-0.3, -0.25) is 0 Å². The van der Waals surface area contributed by atoms with Gasteiger partial charge >= 0.3 is 0 Å². The van der Waals surface area contributed by atoms with Crippen LogP contribution in [0.3, 0.4) is 0 Å². The minimum Gasteiger partial charge on any atom is -0.357 e. The van der Waals surface area contributed by atoms with Crippen molar-refractivity contribution in [2.24, 2.45) is 4.99 Å². The Kier molecular flexibility index (Phi) is 14.7. The first-order valence-corrected chi connectivity index (χ1v) is 9.65. The number of hydrogen-bond acceptors (Lipinski definition) is 3. The SMILES string of the molecule is CCNC(=NCc1ccc(C)s1)NCCCCCCCN(C)C.I. The highest BCUT2D eigenvalue weighted by atomic mass is 127. The third kappa shape index (κ3) is 12.1. The fourth-order valence-corrected chi connectivity index (χ4v) is 3.17.